The van der Waals surface area contributed by atoms with Gasteiger partial charge in [0.15, 0.2) is 0 Å². The number of hydrogen-bond donors (Lipinski definition) is 0. The molecular formula is C13H16BrFS. The third kappa shape index (κ3) is 3.24. The van der Waals surface area contributed by atoms with Gasteiger partial charge >= 0.3 is 0 Å². The lowest BCUT2D eigenvalue weighted by Gasteiger charge is -2.09. The molecule has 0 N–H and O–H groups in total. The molecule has 0 unspecified atom stereocenters. The average molecular weight is 303 g/mol. The van der Waals surface area contributed by atoms with Crippen LogP contribution < -0.4 is 0 Å². The summed E-state index contributed by atoms with van der Waals surface area (Å²) in [7, 11) is 0. The van der Waals surface area contributed by atoms with Crippen molar-refractivity contribution >= 4 is 27.7 Å². The summed E-state index contributed by atoms with van der Waals surface area (Å²) in [4.78, 5) is 0. The zero-order valence-electron chi connectivity index (χ0n) is 9.22. The fourth-order valence-corrected chi connectivity index (χ4v) is 4.01. The fraction of sp³-hybridized carbons (Fsp3) is 0.538. The minimum absolute atomic E-state index is 0.154. The van der Waals surface area contributed by atoms with Crippen molar-refractivity contribution in [1.82, 2.24) is 0 Å². The second-order valence-electron chi connectivity index (χ2n) is 4.38. The van der Waals surface area contributed by atoms with Gasteiger partial charge in [-0.3, -0.25) is 0 Å². The summed E-state index contributed by atoms with van der Waals surface area (Å²) in [6.45, 7) is 0. The lowest BCUT2D eigenvalue weighted by atomic mass is 10.1. The van der Waals surface area contributed by atoms with Crippen molar-refractivity contribution in [3.05, 3.63) is 34.1 Å². The summed E-state index contributed by atoms with van der Waals surface area (Å²) < 4.78 is 13.9. The lowest BCUT2D eigenvalue weighted by molar-refractivity contribution is 0.618. The topological polar surface area (TPSA) is 0 Å². The second-order valence-corrected chi connectivity index (χ2v) is 6.20. The standard InChI is InChI=1S/C13H16BrFS/c14-13-11(6-3-7-12(13)15)9-16-8-10-4-1-2-5-10/h3,6-7,10H,1-2,4-5,8-9H2. The zero-order valence-corrected chi connectivity index (χ0v) is 11.6. The molecule has 0 bridgehead atoms. The highest BCUT2D eigenvalue weighted by Crippen LogP contribution is 2.30. The van der Waals surface area contributed by atoms with Gasteiger partial charge in [-0.25, -0.2) is 4.39 Å². The molecule has 0 aromatic heterocycles. The molecule has 2 rings (SSSR count). The van der Waals surface area contributed by atoms with E-state index < -0.39 is 0 Å². The molecular weight excluding hydrogens is 287 g/mol. The molecule has 1 fully saturated rings. The zero-order chi connectivity index (χ0) is 11.4. The Morgan fingerprint density at radius 1 is 1.31 bits per heavy atom. The van der Waals surface area contributed by atoms with E-state index in [1.165, 1.54) is 37.5 Å². The molecule has 1 aliphatic rings. The van der Waals surface area contributed by atoms with Gasteiger partial charge in [0.2, 0.25) is 0 Å². The van der Waals surface area contributed by atoms with Crippen molar-refractivity contribution in [3.8, 4) is 0 Å². The Kier molecular flexibility index (Phi) is 4.71. The highest BCUT2D eigenvalue weighted by atomic mass is 79.9. The van der Waals surface area contributed by atoms with E-state index in [1.807, 2.05) is 17.8 Å². The summed E-state index contributed by atoms with van der Waals surface area (Å²) in [5.41, 5.74) is 1.07. The van der Waals surface area contributed by atoms with E-state index in [0.717, 1.165) is 17.2 Å². The van der Waals surface area contributed by atoms with Crippen molar-refractivity contribution < 1.29 is 4.39 Å². The van der Waals surface area contributed by atoms with Crippen molar-refractivity contribution in [3.63, 3.8) is 0 Å². The van der Waals surface area contributed by atoms with E-state index in [4.69, 9.17) is 0 Å². The number of rotatable bonds is 4. The molecule has 3 heteroatoms. The van der Waals surface area contributed by atoms with Gasteiger partial charge in [0.05, 0.1) is 4.47 Å². The lowest BCUT2D eigenvalue weighted by Crippen LogP contribution is -1.97. The Hall–Kier alpha value is -0.0200. The Balaban J connectivity index is 1.82. The molecule has 0 heterocycles. The molecule has 1 aromatic rings. The summed E-state index contributed by atoms with van der Waals surface area (Å²) in [6, 6.07) is 5.27. The van der Waals surface area contributed by atoms with Gasteiger partial charge in [0.1, 0.15) is 5.82 Å². The molecule has 1 saturated carbocycles. The molecule has 0 atom stereocenters. The van der Waals surface area contributed by atoms with Gasteiger partial charge < -0.3 is 0 Å². The molecule has 0 nitrogen and oxygen atoms in total. The largest absolute Gasteiger partial charge is 0.206 e. The maximum Gasteiger partial charge on any atom is 0.137 e. The highest BCUT2D eigenvalue weighted by molar-refractivity contribution is 9.10. The van der Waals surface area contributed by atoms with Crippen molar-refractivity contribution in [2.45, 2.75) is 31.4 Å². The van der Waals surface area contributed by atoms with Crippen LogP contribution in [-0.4, -0.2) is 5.75 Å². The Bertz CT molecular complexity index is 348. The maximum atomic E-state index is 13.3. The van der Waals surface area contributed by atoms with Gasteiger partial charge in [-0.05, 0) is 52.1 Å². The molecule has 0 aliphatic heterocycles. The van der Waals surface area contributed by atoms with Crippen LogP contribution in [0.1, 0.15) is 31.2 Å². The first-order valence-electron chi connectivity index (χ1n) is 5.78. The summed E-state index contributed by atoms with van der Waals surface area (Å²) in [6.07, 6.45) is 5.57. The molecule has 1 aromatic carbocycles. The van der Waals surface area contributed by atoms with Crippen molar-refractivity contribution in [2.75, 3.05) is 5.75 Å². The minimum atomic E-state index is -0.154. The Morgan fingerprint density at radius 2 is 2.06 bits per heavy atom. The van der Waals surface area contributed by atoms with Crippen molar-refractivity contribution in [1.29, 1.82) is 0 Å². The van der Waals surface area contributed by atoms with Crippen LogP contribution in [0.25, 0.3) is 0 Å². The molecule has 1 aliphatic carbocycles. The van der Waals surface area contributed by atoms with Gasteiger partial charge in [0.25, 0.3) is 0 Å². The average Bonchev–Trinajstić information content (AvgIpc) is 2.77. The molecule has 0 spiro atoms. The van der Waals surface area contributed by atoms with Gasteiger partial charge in [-0.2, -0.15) is 11.8 Å². The van der Waals surface area contributed by atoms with E-state index in [2.05, 4.69) is 15.9 Å². The fourth-order valence-electron chi connectivity index (χ4n) is 2.17. The van der Waals surface area contributed by atoms with Crippen LogP contribution in [0, 0.1) is 11.7 Å². The maximum absolute atomic E-state index is 13.3. The molecule has 0 saturated heterocycles. The third-order valence-corrected chi connectivity index (χ3v) is 5.23. The summed E-state index contributed by atoms with van der Waals surface area (Å²) >= 11 is 5.24. The number of benzene rings is 1. The van der Waals surface area contributed by atoms with Gasteiger partial charge in [-0.15, -0.1) is 0 Å². The first kappa shape index (κ1) is 12.4. The SMILES string of the molecule is Fc1cccc(CSCC2CCCC2)c1Br. The normalized spacial score (nSPS) is 16.9. The Labute approximate surface area is 109 Å². The smallest absolute Gasteiger partial charge is 0.137 e. The first-order valence-corrected chi connectivity index (χ1v) is 7.73. The number of halogens is 2. The van der Waals surface area contributed by atoms with Gasteiger partial charge in [-0.1, -0.05) is 25.0 Å². The molecule has 16 heavy (non-hydrogen) atoms. The van der Waals surface area contributed by atoms with Crippen LogP contribution in [0.15, 0.2) is 22.7 Å². The predicted molar refractivity (Wildman–Crippen MR) is 72.2 cm³/mol. The van der Waals surface area contributed by atoms with Gasteiger partial charge in [0, 0.05) is 5.75 Å². The van der Waals surface area contributed by atoms with Crippen LogP contribution in [0.2, 0.25) is 0 Å². The summed E-state index contributed by atoms with van der Waals surface area (Å²) in [5, 5.41) is 0. The predicted octanol–water partition coefficient (Wildman–Crippen LogP) is 5.01. The van der Waals surface area contributed by atoms with Crippen LogP contribution in [0.4, 0.5) is 4.39 Å². The number of thioether (sulfide) groups is 1. The second kappa shape index (κ2) is 6.06. The number of hydrogen-bond acceptors (Lipinski definition) is 1. The van der Waals surface area contributed by atoms with Crippen molar-refractivity contribution in [2.24, 2.45) is 5.92 Å². The van der Waals surface area contributed by atoms with E-state index in [0.29, 0.717) is 4.47 Å². The van der Waals surface area contributed by atoms with Crippen LogP contribution in [0.3, 0.4) is 0 Å². The van der Waals surface area contributed by atoms with E-state index in [-0.39, 0.29) is 5.82 Å². The monoisotopic (exact) mass is 302 g/mol. The van der Waals surface area contributed by atoms with Crippen LogP contribution in [-0.2, 0) is 5.75 Å². The summed E-state index contributed by atoms with van der Waals surface area (Å²) in [5.74, 6) is 2.88. The third-order valence-electron chi connectivity index (χ3n) is 3.12. The molecule has 0 radical (unpaired) electrons. The highest BCUT2D eigenvalue weighted by Gasteiger charge is 2.15. The molecule has 88 valence electrons. The quantitative estimate of drug-likeness (QED) is 0.753. The van der Waals surface area contributed by atoms with E-state index in [9.17, 15) is 4.39 Å². The van der Waals surface area contributed by atoms with E-state index in [1.54, 1.807) is 6.07 Å². The minimum Gasteiger partial charge on any atom is -0.206 e. The first-order chi connectivity index (χ1) is 7.77. The van der Waals surface area contributed by atoms with Crippen LogP contribution in [0.5, 0.6) is 0 Å². The van der Waals surface area contributed by atoms with Crippen LogP contribution >= 0.6 is 27.7 Å². The Morgan fingerprint density at radius 3 is 2.81 bits per heavy atom. The molecule has 0 amide bonds. The van der Waals surface area contributed by atoms with E-state index >= 15 is 0 Å².